The molecule has 0 aliphatic heterocycles. The number of carbonyl (C=O) groups excluding carboxylic acids is 1. The molecule has 0 unspecified atom stereocenters. The molecule has 0 aromatic heterocycles. The van der Waals surface area contributed by atoms with E-state index in [9.17, 15) is 18.0 Å². The molecule has 1 aromatic rings. The van der Waals surface area contributed by atoms with Crippen LogP contribution in [0.15, 0.2) is 24.3 Å². The van der Waals surface area contributed by atoms with E-state index in [0.29, 0.717) is 5.92 Å². The minimum atomic E-state index is -4.25. The molecule has 0 atom stereocenters. The fraction of sp³-hybridized carbons (Fsp3) is 0.500. The SMILES string of the molecule is CC(C)c1ccc(CC(=O)CCC(F)(F)F)cc1. The van der Waals surface area contributed by atoms with Crippen LogP contribution in [0.1, 0.15) is 43.7 Å². The Morgan fingerprint density at radius 2 is 1.72 bits per heavy atom. The number of halogens is 3. The van der Waals surface area contributed by atoms with E-state index in [-0.39, 0.29) is 12.2 Å². The minimum absolute atomic E-state index is 0.0778. The normalized spacial score (nSPS) is 11.9. The van der Waals surface area contributed by atoms with Crippen LogP contribution < -0.4 is 0 Å². The summed E-state index contributed by atoms with van der Waals surface area (Å²) in [5.74, 6) is 0.0320. The van der Waals surface area contributed by atoms with Crippen LogP contribution in [0, 0.1) is 0 Å². The molecule has 0 amide bonds. The average Bonchev–Trinajstić information content (AvgIpc) is 2.26. The maximum Gasteiger partial charge on any atom is 0.389 e. The number of rotatable bonds is 5. The van der Waals surface area contributed by atoms with E-state index in [1.165, 1.54) is 0 Å². The molecule has 0 heterocycles. The van der Waals surface area contributed by atoms with E-state index in [4.69, 9.17) is 0 Å². The fourth-order valence-corrected chi connectivity index (χ4v) is 1.62. The van der Waals surface area contributed by atoms with Gasteiger partial charge in [0.25, 0.3) is 0 Å². The molecule has 100 valence electrons. The van der Waals surface area contributed by atoms with Crippen LogP contribution in [-0.2, 0) is 11.2 Å². The first-order valence-corrected chi connectivity index (χ1v) is 5.95. The van der Waals surface area contributed by atoms with Gasteiger partial charge in [0.1, 0.15) is 5.78 Å². The van der Waals surface area contributed by atoms with Crippen molar-refractivity contribution < 1.29 is 18.0 Å². The van der Waals surface area contributed by atoms with Gasteiger partial charge in [-0.2, -0.15) is 13.2 Å². The summed E-state index contributed by atoms with van der Waals surface area (Å²) in [6, 6.07) is 7.44. The van der Waals surface area contributed by atoms with E-state index in [0.717, 1.165) is 11.1 Å². The summed E-state index contributed by atoms with van der Waals surface area (Å²) in [5, 5.41) is 0. The van der Waals surface area contributed by atoms with Crippen LogP contribution in [0.25, 0.3) is 0 Å². The molecule has 18 heavy (non-hydrogen) atoms. The molecule has 0 aliphatic rings. The number of benzene rings is 1. The van der Waals surface area contributed by atoms with Gasteiger partial charge in [0, 0.05) is 12.8 Å². The predicted molar refractivity (Wildman–Crippen MR) is 64.5 cm³/mol. The van der Waals surface area contributed by atoms with Crippen molar-refractivity contribution in [1.29, 1.82) is 0 Å². The van der Waals surface area contributed by atoms with Gasteiger partial charge in [-0.3, -0.25) is 4.79 Å². The van der Waals surface area contributed by atoms with Gasteiger partial charge < -0.3 is 0 Å². The molecule has 4 heteroatoms. The molecule has 0 spiro atoms. The fourth-order valence-electron chi connectivity index (χ4n) is 1.62. The van der Waals surface area contributed by atoms with Crippen molar-refractivity contribution in [2.75, 3.05) is 0 Å². The second kappa shape index (κ2) is 6.03. The molecule has 0 fully saturated rings. The van der Waals surface area contributed by atoms with Crippen molar-refractivity contribution in [2.45, 2.75) is 45.2 Å². The van der Waals surface area contributed by atoms with Gasteiger partial charge in [0.2, 0.25) is 0 Å². The summed E-state index contributed by atoms with van der Waals surface area (Å²) < 4.78 is 35.8. The molecule has 1 aromatic carbocycles. The Bertz CT molecular complexity index is 390. The van der Waals surface area contributed by atoms with Crippen LogP contribution >= 0.6 is 0 Å². The van der Waals surface area contributed by atoms with Gasteiger partial charge in [-0.05, 0) is 17.0 Å². The second-order valence-electron chi connectivity index (χ2n) is 4.73. The Morgan fingerprint density at radius 1 is 1.17 bits per heavy atom. The molecule has 0 radical (unpaired) electrons. The van der Waals surface area contributed by atoms with Gasteiger partial charge in [0.15, 0.2) is 0 Å². The maximum atomic E-state index is 11.9. The van der Waals surface area contributed by atoms with E-state index < -0.39 is 19.0 Å². The quantitative estimate of drug-likeness (QED) is 0.771. The molecule has 0 N–H and O–H groups in total. The van der Waals surface area contributed by atoms with Crippen molar-refractivity contribution in [1.82, 2.24) is 0 Å². The van der Waals surface area contributed by atoms with Gasteiger partial charge in [0.05, 0.1) is 6.42 Å². The lowest BCUT2D eigenvalue weighted by atomic mass is 9.99. The van der Waals surface area contributed by atoms with E-state index in [2.05, 4.69) is 13.8 Å². The number of alkyl halides is 3. The third-order valence-electron chi connectivity index (χ3n) is 2.73. The standard InChI is InChI=1S/C14H17F3O/c1-10(2)12-5-3-11(4-6-12)9-13(18)7-8-14(15,16)17/h3-6,10H,7-9H2,1-2H3. The number of carbonyl (C=O) groups is 1. The lowest BCUT2D eigenvalue weighted by Crippen LogP contribution is -2.12. The highest BCUT2D eigenvalue weighted by atomic mass is 19.4. The molecule has 0 saturated carbocycles. The first-order valence-electron chi connectivity index (χ1n) is 5.95. The Labute approximate surface area is 105 Å². The monoisotopic (exact) mass is 258 g/mol. The smallest absolute Gasteiger partial charge is 0.299 e. The predicted octanol–water partition coefficient (Wildman–Crippen LogP) is 4.26. The molecule has 0 aliphatic carbocycles. The van der Waals surface area contributed by atoms with Crippen molar-refractivity contribution in [3.05, 3.63) is 35.4 Å². The van der Waals surface area contributed by atoms with Crippen molar-refractivity contribution in [2.24, 2.45) is 0 Å². The number of ketones is 1. The third kappa shape index (κ3) is 5.34. The Hall–Kier alpha value is -1.32. The summed E-state index contributed by atoms with van der Waals surface area (Å²) in [4.78, 5) is 11.4. The summed E-state index contributed by atoms with van der Waals surface area (Å²) in [6.45, 7) is 4.12. The highest BCUT2D eigenvalue weighted by Gasteiger charge is 2.27. The summed E-state index contributed by atoms with van der Waals surface area (Å²) in [5.41, 5.74) is 1.92. The highest BCUT2D eigenvalue weighted by molar-refractivity contribution is 5.80. The number of Topliss-reactive ketones (excluding diaryl/α,β-unsaturated/α-hetero) is 1. The molecule has 0 saturated heterocycles. The molecule has 1 nitrogen and oxygen atoms in total. The van der Waals surface area contributed by atoms with Crippen molar-refractivity contribution in [3.63, 3.8) is 0 Å². The topological polar surface area (TPSA) is 17.1 Å². The van der Waals surface area contributed by atoms with Crippen LogP contribution in [-0.4, -0.2) is 12.0 Å². The minimum Gasteiger partial charge on any atom is -0.299 e. The van der Waals surface area contributed by atoms with Crippen LogP contribution in [0.2, 0.25) is 0 Å². The van der Waals surface area contributed by atoms with E-state index in [1.807, 2.05) is 12.1 Å². The van der Waals surface area contributed by atoms with Gasteiger partial charge in [-0.25, -0.2) is 0 Å². The number of hydrogen-bond acceptors (Lipinski definition) is 1. The summed E-state index contributed by atoms with van der Waals surface area (Å²) in [6.07, 6.45) is -5.64. The molecular formula is C14H17F3O. The Kier molecular flexibility index (Phi) is 4.93. The van der Waals surface area contributed by atoms with Crippen LogP contribution in [0.4, 0.5) is 13.2 Å². The molecular weight excluding hydrogens is 241 g/mol. The van der Waals surface area contributed by atoms with E-state index in [1.54, 1.807) is 12.1 Å². The zero-order valence-electron chi connectivity index (χ0n) is 10.6. The molecule has 1 rings (SSSR count). The van der Waals surface area contributed by atoms with E-state index >= 15 is 0 Å². The average molecular weight is 258 g/mol. The van der Waals surface area contributed by atoms with Crippen LogP contribution in [0.3, 0.4) is 0 Å². The maximum absolute atomic E-state index is 11.9. The zero-order valence-corrected chi connectivity index (χ0v) is 10.6. The van der Waals surface area contributed by atoms with Gasteiger partial charge in [-0.1, -0.05) is 38.1 Å². The van der Waals surface area contributed by atoms with Gasteiger partial charge in [-0.15, -0.1) is 0 Å². The van der Waals surface area contributed by atoms with Crippen molar-refractivity contribution in [3.8, 4) is 0 Å². The summed E-state index contributed by atoms with van der Waals surface area (Å²) >= 11 is 0. The second-order valence-corrected chi connectivity index (χ2v) is 4.73. The van der Waals surface area contributed by atoms with Gasteiger partial charge >= 0.3 is 6.18 Å². The first-order chi connectivity index (χ1) is 8.28. The van der Waals surface area contributed by atoms with Crippen molar-refractivity contribution >= 4 is 5.78 Å². The third-order valence-corrected chi connectivity index (χ3v) is 2.73. The Morgan fingerprint density at radius 3 is 2.17 bits per heavy atom. The lowest BCUT2D eigenvalue weighted by Gasteiger charge is -2.07. The number of hydrogen-bond donors (Lipinski definition) is 0. The first kappa shape index (κ1) is 14.7. The summed E-state index contributed by atoms with van der Waals surface area (Å²) in [7, 11) is 0. The van der Waals surface area contributed by atoms with Crippen LogP contribution in [0.5, 0.6) is 0 Å². The molecule has 0 bridgehead atoms. The largest absolute Gasteiger partial charge is 0.389 e. The zero-order chi connectivity index (χ0) is 13.8. The lowest BCUT2D eigenvalue weighted by molar-refractivity contribution is -0.143. The highest BCUT2D eigenvalue weighted by Crippen LogP contribution is 2.22. The Balaban J connectivity index is 2.50.